The van der Waals surface area contributed by atoms with E-state index in [4.69, 9.17) is 0 Å². The van der Waals surface area contributed by atoms with Crippen LogP contribution in [-0.2, 0) is 14.3 Å². The first-order valence-corrected chi connectivity index (χ1v) is 3.71. The number of alkyl halides is 1. The van der Waals surface area contributed by atoms with Crippen LogP contribution < -0.4 is 0 Å². The van der Waals surface area contributed by atoms with Gasteiger partial charge in [0.05, 0.1) is 7.11 Å². The fourth-order valence-electron chi connectivity index (χ4n) is 0.198. The van der Waals surface area contributed by atoms with E-state index in [0.29, 0.717) is 0 Å². The first-order chi connectivity index (χ1) is 3.81. The fraction of sp³-hybridized carbons (Fsp3) is 1.00. The van der Waals surface area contributed by atoms with Crippen LogP contribution in [-0.4, -0.2) is 20.5 Å². The summed E-state index contributed by atoms with van der Waals surface area (Å²) in [6.45, 7) is 1.84. The van der Waals surface area contributed by atoms with Crippen molar-refractivity contribution in [2.24, 2.45) is 0 Å². The van der Waals surface area contributed by atoms with Gasteiger partial charge >= 0.3 is 10.1 Å². The molecule has 3 nitrogen and oxygen atoms in total. The number of hydrogen-bond donors (Lipinski definition) is 0. The summed E-state index contributed by atoms with van der Waals surface area (Å²) in [6.07, 6.45) is 0. The SMILES string of the molecule is COS(=O)(=O)C(C)(C)F. The average molecular weight is 156 g/mol. The van der Waals surface area contributed by atoms with Gasteiger partial charge < -0.3 is 0 Å². The first-order valence-electron chi connectivity index (χ1n) is 2.30. The van der Waals surface area contributed by atoms with E-state index >= 15 is 0 Å². The van der Waals surface area contributed by atoms with Crippen molar-refractivity contribution in [2.45, 2.75) is 18.8 Å². The van der Waals surface area contributed by atoms with Gasteiger partial charge in [0.2, 0.25) is 5.00 Å². The molecule has 0 aliphatic heterocycles. The molecule has 0 aromatic rings. The van der Waals surface area contributed by atoms with Crippen molar-refractivity contribution in [3.63, 3.8) is 0 Å². The van der Waals surface area contributed by atoms with Crippen LogP contribution in [0.2, 0.25) is 0 Å². The van der Waals surface area contributed by atoms with Gasteiger partial charge in [-0.3, -0.25) is 4.18 Å². The Morgan fingerprint density at radius 1 is 1.44 bits per heavy atom. The summed E-state index contributed by atoms with van der Waals surface area (Å²) in [5.74, 6) is 0. The number of hydrogen-bond acceptors (Lipinski definition) is 3. The van der Waals surface area contributed by atoms with E-state index in [9.17, 15) is 12.8 Å². The Morgan fingerprint density at radius 2 is 1.78 bits per heavy atom. The standard InChI is InChI=1S/C4H9FO3S/c1-4(2,5)9(6,7)8-3/h1-3H3. The third kappa shape index (κ3) is 1.91. The van der Waals surface area contributed by atoms with Crippen LogP contribution in [0.15, 0.2) is 0 Å². The predicted octanol–water partition coefficient (Wildman–Crippen LogP) is 0.668. The summed E-state index contributed by atoms with van der Waals surface area (Å²) < 4.78 is 37.2. The summed E-state index contributed by atoms with van der Waals surface area (Å²) in [4.78, 5) is 0. The van der Waals surface area contributed by atoms with E-state index in [2.05, 4.69) is 4.18 Å². The van der Waals surface area contributed by atoms with Gasteiger partial charge in [-0.25, -0.2) is 4.39 Å². The maximum atomic E-state index is 12.5. The summed E-state index contributed by atoms with van der Waals surface area (Å²) in [5.41, 5.74) is 0. The van der Waals surface area contributed by atoms with E-state index in [1.54, 1.807) is 0 Å². The maximum Gasteiger partial charge on any atom is 0.302 e. The Bertz CT molecular complexity index is 176. The Kier molecular flexibility index (Phi) is 2.19. The van der Waals surface area contributed by atoms with Crippen molar-refractivity contribution in [2.75, 3.05) is 7.11 Å². The highest BCUT2D eigenvalue weighted by atomic mass is 32.2. The molecular formula is C4H9FO3S. The molecule has 0 aliphatic rings. The van der Waals surface area contributed by atoms with Gasteiger partial charge in [-0.15, -0.1) is 0 Å². The van der Waals surface area contributed by atoms with Crippen LogP contribution in [0.5, 0.6) is 0 Å². The van der Waals surface area contributed by atoms with Crippen LogP contribution in [0.3, 0.4) is 0 Å². The van der Waals surface area contributed by atoms with Crippen LogP contribution in [0.4, 0.5) is 4.39 Å². The number of rotatable bonds is 2. The summed E-state index contributed by atoms with van der Waals surface area (Å²) >= 11 is 0. The minimum atomic E-state index is -4.00. The fourth-order valence-corrected chi connectivity index (χ4v) is 0.594. The zero-order chi connectivity index (χ0) is 7.71. The van der Waals surface area contributed by atoms with E-state index < -0.39 is 15.1 Å². The van der Waals surface area contributed by atoms with Crippen molar-refractivity contribution in [3.8, 4) is 0 Å². The van der Waals surface area contributed by atoms with E-state index in [1.165, 1.54) is 0 Å². The molecule has 5 heteroatoms. The van der Waals surface area contributed by atoms with Crippen molar-refractivity contribution in [3.05, 3.63) is 0 Å². The lowest BCUT2D eigenvalue weighted by Crippen LogP contribution is -2.27. The summed E-state index contributed by atoms with van der Waals surface area (Å²) in [5, 5.41) is -2.30. The van der Waals surface area contributed by atoms with Crippen molar-refractivity contribution < 1.29 is 17.0 Å². The van der Waals surface area contributed by atoms with Gasteiger partial charge in [-0.2, -0.15) is 8.42 Å². The molecule has 0 fully saturated rings. The molecule has 0 N–H and O–H groups in total. The highest BCUT2D eigenvalue weighted by molar-refractivity contribution is 7.87. The van der Waals surface area contributed by atoms with E-state index in [-0.39, 0.29) is 0 Å². The lowest BCUT2D eigenvalue weighted by molar-refractivity contribution is 0.271. The Labute approximate surface area is 53.9 Å². The molecule has 0 saturated heterocycles. The van der Waals surface area contributed by atoms with Gasteiger partial charge in [0.1, 0.15) is 0 Å². The Hall–Kier alpha value is -0.160. The van der Waals surface area contributed by atoms with Crippen LogP contribution in [0.1, 0.15) is 13.8 Å². The molecule has 56 valence electrons. The van der Waals surface area contributed by atoms with Gasteiger partial charge in [-0.05, 0) is 13.8 Å². The minimum Gasteiger partial charge on any atom is -0.271 e. The van der Waals surface area contributed by atoms with Gasteiger partial charge in [0.15, 0.2) is 0 Å². The molecule has 0 saturated carbocycles. The third-order valence-corrected chi connectivity index (χ3v) is 2.44. The largest absolute Gasteiger partial charge is 0.302 e. The third-order valence-electron chi connectivity index (χ3n) is 0.814. The van der Waals surface area contributed by atoms with Crippen molar-refractivity contribution in [1.29, 1.82) is 0 Å². The van der Waals surface area contributed by atoms with Crippen molar-refractivity contribution >= 4 is 10.1 Å². The molecule has 0 aliphatic carbocycles. The first kappa shape index (κ1) is 8.84. The molecule has 0 aromatic carbocycles. The molecule has 0 heterocycles. The molecular weight excluding hydrogens is 147 g/mol. The predicted molar refractivity (Wildman–Crippen MR) is 31.1 cm³/mol. The highest BCUT2D eigenvalue weighted by Gasteiger charge is 2.33. The van der Waals surface area contributed by atoms with Crippen molar-refractivity contribution in [1.82, 2.24) is 0 Å². The van der Waals surface area contributed by atoms with Gasteiger partial charge in [-0.1, -0.05) is 0 Å². The summed E-state index contributed by atoms with van der Waals surface area (Å²) in [7, 11) is -3.08. The maximum absolute atomic E-state index is 12.5. The smallest absolute Gasteiger partial charge is 0.271 e. The average Bonchev–Trinajstić information content (AvgIpc) is 1.64. The topological polar surface area (TPSA) is 43.4 Å². The second-order valence-electron chi connectivity index (χ2n) is 1.98. The Morgan fingerprint density at radius 3 is 1.78 bits per heavy atom. The molecule has 0 amide bonds. The molecule has 9 heavy (non-hydrogen) atoms. The molecule has 0 bridgehead atoms. The number of halogens is 1. The van der Waals surface area contributed by atoms with Crippen LogP contribution >= 0.6 is 0 Å². The molecule has 0 radical (unpaired) electrons. The monoisotopic (exact) mass is 156 g/mol. The zero-order valence-electron chi connectivity index (χ0n) is 5.51. The van der Waals surface area contributed by atoms with Crippen LogP contribution in [0.25, 0.3) is 0 Å². The second-order valence-corrected chi connectivity index (χ2v) is 4.20. The van der Waals surface area contributed by atoms with Gasteiger partial charge in [0, 0.05) is 0 Å². The van der Waals surface area contributed by atoms with Gasteiger partial charge in [0.25, 0.3) is 0 Å². The molecule has 0 unspecified atom stereocenters. The lowest BCUT2D eigenvalue weighted by Gasteiger charge is -2.11. The van der Waals surface area contributed by atoms with E-state index in [1.807, 2.05) is 0 Å². The minimum absolute atomic E-state index is 0.922. The summed E-state index contributed by atoms with van der Waals surface area (Å²) in [6, 6.07) is 0. The molecule has 0 spiro atoms. The molecule has 0 rings (SSSR count). The zero-order valence-corrected chi connectivity index (χ0v) is 6.33. The molecule has 0 aromatic heterocycles. The highest BCUT2D eigenvalue weighted by Crippen LogP contribution is 2.17. The quantitative estimate of drug-likeness (QED) is 0.552. The Balaban J connectivity index is 4.57. The normalized spacial score (nSPS) is 13.8. The lowest BCUT2D eigenvalue weighted by atomic mass is 10.5. The van der Waals surface area contributed by atoms with E-state index in [0.717, 1.165) is 21.0 Å². The molecule has 0 atom stereocenters. The van der Waals surface area contributed by atoms with Crippen LogP contribution in [0, 0.1) is 0 Å². The second kappa shape index (κ2) is 2.22.